The van der Waals surface area contributed by atoms with Gasteiger partial charge < -0.3 is 39.5 Å². The van der Waals surface area contributed by atoms with Crippen LogP contribution in [0, 0.1) is 0 Å². The van der Waals surface area contributed by atoms with Crippen LogP contribution in [-0.2, 0) is 41.8 Å². The zero-order chi connectivity index (χ0) is 48.3. The fourth-order valence-corrected chi connectivity index (χ4v) is 6.48. The summed E-state index contributed by atoms with van der Waals surface area (Å²) in [6, 6.07) is 0. The normalized spacial score (nSPS) is 15.9. The summed E-state index contributed by atoms with van der Waals surface area (Å²) in [5.41, 5.74) is 0. The maximum Gasteiger partial charge on any atom is 0.472 e. The van der Waals surface area contributed by atoms with Gasteiger partial charge in [-0.2, -0.15) is 0 Å². The smallest absolute Gasteiger partial charge is 0.462 e. The summed E-state index contributed by atoms with van der Waals surface area (Å²) in [5, 5.41) is 29.7. The molecule has 0 rings (SSSR count). The van der Waals surface area contributed by atoms with Gasteiger partial charge in [-0.05, 0) is 70.6 Å². The Morgan fingerprint density at radius 2 is 1.03 bits per heavy atom. The SMILES string of the molecule is CC/C=C\C[C@H](O)/C=C/C=C\C=C\[C@H](O)C/C=C\C/C=C\CCC(=O)O[C@H](COC(=O)CCC/C=C\C/C=C\C/C=C\CCCCCCCC)COP(=O)(O)OC[C@@H](O)COP(=O)(O)O. The Labute approximate surface area is 387 Å². The monoisotopic (exact) mass is 956 g/mol. The first kappa shape index (κ1) is 61.7. The molecule has 65 heavy (non-hydrogen) atoms. The van der Waals surface area contributed by atoms with Crippen molar-refractivity contribution < 1.29 is 71.8 Å². The number of aliphatic hydroxyl groups is 3. The molecule has 0 aromatic heterocycles. The molecule has 0 saturated heterocycles. The molecule has 15 nitrogen and oxygen atoms in total. The number of phosphoric acid groups is 2. The molecule has 17 heteroatoms. The van der Waals surface area contributed by atoms with Crippen LogP contribution >= 0.6 is 15.6 Å². The van der Waals surface area contributed by atoms with E-state index < -0.39 is 78.4 Å². The fraction of sp³-hybridized carbons (Fsp3) is 0.583. The van der Waals surface area contributed by atoms with E-state index in [1.807, 2.05) is 49.5 Å². The lowest BCUT2D eigenvalue weighted by molar-refractivity contribution is -0.161. The molecule has 0 spiro atoms. The molecule has 0 aliphatic heterocycles. The highest BCUT2D eigenvalue weighted by Gasteiger charge is 2.28. The predicted molar refractivity (Wildman–Crippen MR) is 255 cm³/mol. The van der Waals surface area contributed by atoms with Crippen molar-refractivity contribution in [3.63, 3.8) is 0 Å². The van der Waals surface area contributed by atoms with E-state index in [1.165, 1.54) is 38.5 Å². The van der Waals surface area contributed by atoms with Crippen LogP contribution in [0.1, 0.15) is 129 Å². The molecule has 0 radical (unpaired) electrons. The van der Waals surface area contributed by atoms with Crippen LogP contribution in [-0.4, -0.2) is 92.8 Å². The van der Waals surface area contributed by atoms with Gasteiger partial charge in [-0.1, -0.05) is 155 Å². The minimum atomic E-state index is -4.90. The minimum absolute atomic E-state index is 0.0672. The second-order valence-electron chi connectivity index (χ2n) is 15.0. The maximum atomic E-state index is 12.7. The summed E-state index contributed by atoms with van der Waals surface area (Å²) in [4.78, 5) is 52.7. The average molecular weight is 957 g/mol. The molecule has 0 saturated carbocycles. The van der Waals surface area contributed by atoms with Crippen molar-refractivity contribution in [1.29, 1.82) is 0 Å². The van der Waals surface area contributed by atoms with E-state index in [0.717, 1.165) is 25.7 Å². The van der Waals surface area contributed by atoms with Gasteiger partial charge in [0.2, 0.25) is 0 Å². The summed E-state index contributed by atoms with van der Waals surface area (Å²) < 4.78 is 47.6. The van der Waals surface area contributed by atoms with Crippen LogP contribution in [0.2, 0.25) is 0 Å². The van der Waals surface area contributed by atoms with Gasteiger partial charge in [0.15, 0.2) is 6.10 Å². The number of esters is 2. The number of carbonyl (C=O) groups excluding carboxylic acids is 2. The van der Waals surface area contributed by atoms with Gasteiger partial charge in [-0.25, -0.2) is 9.13 Å². The lowest BCUT2D eigenvalue weighted by Crippen LogP contribution is -2.29. The topological polar surface area (TPSA) is 236 Å². The number of ether oxygens (including phenoxy) is 2. The van der Waals surface area contributed by atoms with Crippen molar-refractivity contribution in [3.05, 3.63) is 109 Å². The number of aliphatic hydroxyl groups excluding tert-OH is 3. The second-order valence-corrected chi connectivity index (χ2v) is 17.7. The van der Waals surface area contributed by atoms with Crippen molar-refractivity contribution in [3.8, 4) is 0 Å². The standard InChI is InChI=1S/C48H78O15P2/c1-3-5-7-8-9-10-11-12-13-14-15-16-17-18-19-23-31-37-47(52)59-41-46(42-62-65(57,58)61-40-45(51)39-60-64(54,55)56)63-48(53)38-32-24-21-20-22-28-34-44(50)36-30-26-25-29-35-43(49)33-27-6-4-2/h6,12-13,15-16,18-19,21-22,24-30,35-36,43-46,49-51H,3-5,7-11,14,17,20,23,31-34,37-42H2,1-2H3,(H,57,58)(H2,54,55,56)/b13-12-,16-15-,19-18-,24-21-,26-25-,27-6-,28-22-,35-29+,36-30+/t43-,44+,45-,46+/m0/s1. The van der Waals surface area contributed by atoms with Crippen molar-refractivity contribution in [1.82, 2.24) is 0 Å². The van der Waals surface area contributed by atoms with E-state index in [9.17, 15) is 38.9 Å². The first-order valence-corrected chi connectivity index (χ1v) is 25.8. The van der Waals surface area contributed by atoms with E-state index >= 15 is 0 Å². The fourth-order valence-electron chi connectivity index (χ4n) is 5.33. The van der Waals surface area contributed by atoms with Gasteiger partial charge in [0.05, 0.1) is 32.0 Å². The van der Waals surface area contributed by atoms with Crippen molar-refractivity contribution in [2.75, 3.05) is 26.4 Å². The Balaban J connectivity index is 4.82. The van der Waals surface area contributed by atoms with Crippen molar-refractivity contribution in [2.24, 2.45) is 0 Å². The van der Waals surface area contributed by atoms with E-state index in [-0.39, 0.29) is 12.8 Å². The third kappa shape index (κ3) is 45.6. The molecule has 0 aromatic carbocycles. The predicted octanol–water partition coefficient (Wildman–Crippen LogP) is 9.83. The summed E-state index contributed by atoms with van der Waals surface area (Å²) in [7, 11) is -9.77. The van der Waals surface area contributed by atoms with Crippen LogP contribution in [0.15, 0.2) is 109 Å². The molecular weight excluding hydrogens is 878 g/mol. The quantitative estimate of drug-likeness (QED) is 0.0110. The highest BCUT2D eigenvalue weighted by Crippen LogP contribution is 2.43. The largest absolute Gasteiger partial charge is 0.472 e. The third-order valence-electron chi connectivity index (χ3n) is 8.82. The number of unbranched alkanes of at least 4 members (excludes halogenated alkanes) is 7. The number of rotatable bonds is 41. The molecule has 370 valence electrons. The van der Waals surface area contributed by atoms with Gasteiger partial charge in [-0.15, -0.1) is 0 Å². The van der Waals surface area contributed by atoms with E-state index in [4.69, 9.17) is 23.8 Å². The van der Waals surface area contributed by atoms with Crippen LogP contribution in [0.25, 0.3) is 0 Å². The molecule has 0 aliphatic rings. The number of hydrogen-bond acceptors (Lipinski definition) is 12. The number of hydrogen-bond donors (Lipinski definition) is 6. The summed E-state index contributed by atoms with van der Waals surface area (Å²) in [6.45, 7) is 1.29. The van der Waals surface area contributed by atoms with E-state index in [0.29, 0.717) is 38.5 Å². The lowest BCUT2D eigenvalue weighted by Gasteiger charge is -2.20. The van der Waals surface area contributed by atoms with Gasteiger partial charge in [-0.3, -0.25) is 23.2 Å². The first-order chi connectivity index (χ1) is 31.2. The molecule has 0 aliphatic carbocycles. The second kappa shape index (κ2) is 42.1. The van der Waals surface area contributed by atoms with E-state index in [1.54, 1.807) is 42.5 Å². The number of carbonyl (C=O) groups is 2. The van der Waals surface area contributed by atoms with Gasteiger partial charge in [0, 0.05) is 12.8 Å². The Bertz CT molecular complexity index is 1590. The molecule has 0 aromatic rings. The van der Waals surface area contributed by atoms with Crippen molar-refractivity contribution >= 4 is 27.6 Å². The molecule has 0 heterocycles. The first-order valence-electron chi connectivity index (χ1n) is 22.8. The molecule has 0 bridgehead atoms. The zero-order valence-corrected chi connectivity index (χ0v) is 40.3. The molecule has 0 amide bonds. The third-order valence-corrected chi connectivity index (χ3v) is 10.3. The molecular formula is C48H78O15P2. The average Bonchev–Trinajstić information content (AvgIpc) is 3.26. The Morgan fingerprint density at radius 3 is 1.63 bits per heavy atom. The zero-order valence-electron chi connectivity index (χ0n) is 38.5. The Hall–Kier alpha value is -3.30. The van der Waals surface area contributed by atoms with Gasteiger partial charge in [0.25, 0.3) is 0 Å². The van der Waals surface area contributed by atoms with Crippen LogP contribution in [0.3, 0.4) is 0 Å². The maximum absolute atomic E-state index is 12.7. The van der Waals surface area contributed by atoms with Crippen LogP contribution in [0.5, 0.6) is 0 Å². The Kier molecular flexibility index (Phi) is 39.9. The highest BCUT2D eigenvalue weighted by molar-refractivity contribution is 7.47. The summed E-state index contributed by atoms with van der Waals surface area (Å²) in [5.74, 6) is -1.27. The summed E-state index contributed by atoms with van der Waals surface area (Å²) >= 11 is 0. The number of phosphoric ester groups is 2. The molecule has 5 atom stereocenters. The van der Waals surface area contributed by atoms with Crippen LogP contribution in [0.4, 0.5) is 0 Å². The molecule has 0 fully saturated rings. The molecule has 1 unspecified atom stereocenters. The Morgan fingerprint density at radius 1 is 0.523 bits per heavy atom. The minimum Gasteiger partial charge on any atom is -0.462 e. The van der Waals surface area contributed by atoms with E-state index in [2.05, 4.69) is 40.3 Å². The lowest BCUT2D eigenvalue weighted by atomic mass is 10.1. The van der Waals surface area contributed by atoms with Gasteiger partial charge >= 0.3 is 27.6 Å². The highest BCUT2D eigenvalue weighted by atomic mass is 31.2. The summed E-state index contributed by atoms with van der Waals surface area (Å²) in [6.07, 6.45) is 44.5. The van der Waals surface area contributed by atoms with Crippen molar-refractivity contribution in [2.45, 2.75) is 154 Å². The van der Waals surface area contributed by atoms with Gasteiger partial charge in [0.1, 0.15) is 12.7 Å². The molecule has 6 N–H and O–H groups in total. The number of allylic oxidation sites excluding steroid dienone is 14. The van der Waals surface area contributed by atoms with Crippen LogP contribution < -0.4 is 0 Å².